The SMILES string of the molecule is c1ccc(C2=NC(c3cccc4sc5c(-c6cccc7oc8c(-n9c%10ccccc%10c%10ccccc%109)cccc8c67)cccc5c34)NC(c3ccccc3)=N2)cc1. The molecule has 8 aromatic carbocycles. The molecule has 0 spiro atoms. The van der Waals surface area contributed by atoms with Gasteiger partial charge in [0.25, 0.3) is 0 Å². The van der Waals surface area contributed by atoms with Gasteiger partial charge in [-0.2, -0.15) is 0 Å². The van der Waals surface area contributed by atoms with Gasteiger partial charge in [-0.3, -0.25) is 0 Å². The second-order valence-corrected chi connectivity index (χ2v) is 15.6. The topological polar surface area (TPSA) is 54.8 Å². The molecule has 0 saturated heterocycles. The van der Waals surface area contributed by atoms with Gasteiger partial charge >= 0.3 is 0 Å². The second-order valence-electron chi connectivity index (χ2n) is 14.5. The molecule has 0 radical (unpaired) electrons. The lowest BCUT2D eigenvalue weighted by Gasteiger charge is -2.24. The number of rotatable bonds is 5. The Balaban J connectivity index is 1.05. The molecule has 1 aliphatic rings. The molecule has 1 aliphatic heterocycles. The molecule has 0 aliphatic carbocycles. The first-order chi connectivity index (χ1) is 28.3. The van der Waals surface area contributed by atoms with Crippen molar-refractivity contribution >= 4 is 86.9 Å². The van der Waals surface area contributed by atoms with Crippen LogP contribution in [0.3, 0.4) is 0 Å². The number of fused-ring (bicyclic) bond motifs is 9. The Kier molecular flexibility index (Phi) is 7.09. The number of thiophene rings is 1. The van der Waals surface area contributed by atoms with Gasteiger partial charge in [0, 0.05) is 64.0 Å². The highest BCUT2D eigenvalue weighted by molar-refractivity contribution is 7.26. The van der Waals surface area contributed by atoms with Gasteiger partial charge in [-0.25, -0.2) is 9.98 Å². The largest absolute Gasteiger partial charge is 0.454 e. The zero-order valence-electron chi connectivity index (χ0n) is 30.6. The molecule has 268 valence electrons. The highest BCUT2D eigenvalue weighted by atomic mass is 32.1. The summed E-state index contributed by atoms with van der Waals surface area (Å²) in [6, 6.07) is 64.1. The number of aromatic nitrogens is 1. The van der Waals surface area contributed by atoms with Gasteiger partial charge in [0.2, 0.25) is 0 Å². The lowest BCUT2D eigenvalue weighted by molar-refractivity contribution is 0.666. The zero-order valence-corrected chi connectivity index (χ0v) is 31.4. The molecule has 5 nitrogen and oxygen atoms in total. The minimum atomic E-state index is -0.335. The molecule has 12 rings (SSSR count). The Labute approximate surface area is 331 Å². The predicted molar refractivity (Wildman–Crippen MR) is 238 cm³/mol. The van der Waals surface area contributed by atoms with Crippen molar-refractivity contribution < 1.29 is 4.42 Å². The normalized spacial score (nSPS) is 14.5. The second kappa shape index (κ2) is 12.6. The Morgan fingerprint density at radius 2 is 1.16 bits per heavy atom. The van der Waals surface area contributed by atoms with Crippen LogP contribution in [0.1, 0.15) is 22.9 Å². The van der Waals surface area contributed by atoms with Crippen LogP contribution in [0.5, 0.6) is 0 Å². The summed E-state index contributed by atoms with van der Waals surface area (Å²) in [5, 5.41) is 10.8. The van der Waals surface area contributed by atoms with E-state index in [1.165, 1.54) is 36.5 Å². The first-order valence-electron chi connectivity index (χ1n) is 19.2. The minimum absolute atomic E-state index is 0.335. The lowest BCUT2D eigenvalue weighted by atomic mass is 9.96. The maximum atomic E-state index is 6.88. The van der Waals surface area contributed by atoms with Crippen molar-refractivity contribution in [1.29, 1.82) is 0 Å². The molecule has 1 unspecified atom stereocenters. The van der Waals surface area contributed by atoms with E-state index in [0.717, 1.165) is 66.7 Å². The van der Waals surface area contributed by atoms with Gasteiger partial charge in [0.1, 0.15) is 17.6 Å². The number of furan rings is 1. The standard InChI is InChI=1S/C51H32N4OS/c1-3-15-31(16-4-1)49-52-50(32-17-5-2-6-18-32)54-51(53-49)39-25-14-30-44-46(39)38-24-11-22-36(48(38)57-44)35-21-13-29-43-45(35)37-23-12-28-42(47(37)56-43)55-40-26-9-7-19-33(40)34-20-8-10-27-41(34)55/h1-30,51H,(H,52,53,54). The van der Waals surface area contributed by atoms with E-state index in [2.05, 4.69) is 155 Å². The Hall–Kier alpha value is -7.28. The zero-order chi connectivity index (χ0) is 37.5. The molecule has 11 aromatic rings. The summed E-state index contributed by atoms with van der Waals surface area (Å²) in [6.45, 7) is 0. The molecule has 57 heavy (non-hydrogen) atoms. The summed E-state index contributed by atoms with van der Waals surface area (Å²) >= 11 is 1.83. The summed E-state index contributed by atoms with van der Waals surface area (Å²) in [4.78, 5) is 10.3. The van der Waals surface area contributed by atoms with Crippen molar-refractivity contribution in [2.24, 2.45) is 9.98 Å². The summed E-state index contributed by atoms with van der Waals surface area (Å²) < 4.78 is 11.7. The molecule has 0 saturated carbocycles. The van der Waals surface area contributed by atoms with Crippen LogP contribution in [0.4, 0.5) is 0 Å². The van der Waals surface area contributed by atoms with Crippen molar-refractivity contribution in [3.63, 3.8) is 0 Å². The summed E-state index contributed by atoms with van der Waals surface area (Å²) in [5.41, 5.74) is 10.6. The van der Waals surface area contributed by atoms with E-state index in [9.17, 15) is 0 Å². The predicted octanol–water partition coefficient (Wildman–Crippen LogP) is 13.2. The van der Waals surface area contributed by atoms with Crippen LogP contribution >= 0.6 is 11.3 Å². The van der Waals surface area contributed by atoms with Crippen molar-refractivity contribution in [3.05, 3.63) is 199 Å². The molecule has 0 bridgehead atoms. The highest BCUT2D eigenvalue weighted by Gasteiger charge is 2.25. The molecule has 1 N–H and O–H groups in total. The molecule has 1 atom stereocenters. The Morgan fingerprint density at radius 3 is 1.95 bits per heavy atom. The van der Waals surface area contributed by atoms with Crippen molar-refractivity contribution in [2.45, 2.75) is 6.17 Å². The van der Waals surface area contributed by atoms with E-state index in [1.54, 1.807) is 0 Å². The summed E-state index contributed by atoms with van der Waals surface area (Å²) in [6.07, 6.45) is -0.335. The molecule has 4 heterocycles. The first kappa shape index (κ1) is 32.0. The third kappa shape index (κ3) is 4.94. The molecular weight excluding hydrogens is 717 g/mol. The van der Waals surface area contributed by atoms with Gasteiger partial charge in [0.15, 0.2) is 11.4 Å². The number of nitrogens with one attached hydrogen (secondary N) is 1. The fraction of sp³-hybridized carbons (Fsp3) is 0.0196. The minimum Gasteiger partial charge on any atom is -0.454 e. The summed E-state index contributed by atoms with van der Waals surface area (Å²) in [7, 11) is 0. The fourth-order valence-corrected chi connectivity index (χ4v) is 10.1. The fourth-order valence-electron chi connectivity index (χ4n) is 8.80. The average molecular weight is 749 g/mol. The summed E-state index contributed by atoms with van der Waals surface area (Å²) in [5.74, 6) is 1.53. The van der Waals surface area contributed by atoms with E-state index in [1.807, 2.05) is 47.7 Å². The number of nitrogens with zero attached hydrogens (tertiary/aromatic N) is 3. The highest BCUT2D eigenvalue weighted by Crippen LogP contribution is 2.47. The smallest absolute Gasteiger partial charge is 0.159 e. The van der Waals surface area contributed by atoms with Crippen molar-refractivity contribution in [3.8, 4) is 16.8 Å². The molecule has 3 aromatic heterocycles. The molecular formula is C51H32N4OS. The maximum absolute atomic E-state index is 6.88. The van der Waals surface area contributed by atoms with Crippen LogP contribution in [-0.4, -0.2) is 16.2 Å². The van der Waals surface area contributed by atoms with Crippen LogP contribution in [-0.2, 0) is 0 Å². The number of hydrogen-bond donors (Lipinski definition) is 1. The lowest BCUT2D eigenvalue weighted by Crippen LogP contribution is -2.33. The van der Waals surface area contributed by atoms with Crippen molar-refractivity contribution in [1.82, 2.24) is 9.88 Å². The maximum Gasteiger partial charge on any atom is 0.159 e. The number of para-hydroxylation sites is 3. The third-order valence-corrected chi connectivity index (χ3v) is 12.5. The van der Waals surface area contributed by atoms with Gasteiger partial charge < -0.3 is 14.3 Å². The van der Waals surface area contributed by atoms with Crippen LogP contribution in [0, 0.1) is 0 Å². The van der Waals surface area contributed by atoms with E-state index in [4.69, 9.17) is 14.4 Å². The monoisotopic (exact) mass is 748 g/mol. The molecule has 0 amide bonds. The number of hydrogen-bond acceptors (Lipinski definition) is 5. The molecule has 0 fully saturated rings. The van der Waals surface area contributed by atoms with Gasteiger partial charge in [0.05, 0.1) is 16.7 Å². The van der Waals surface area contributed by atoms with E-state index < -0.39 is 0 Å². The van der Waals surface area contributed by atoms with Crippen molar-refractivity contribution in [2.75, 3.05) is 0 Å². The van der Waals surface area contributed by atoms with Crippen LogP contribution < -0.4 is 5.32 Å². The molecule has 6 heteroatoms. The Bertz CT molecular complexity index is 3390. The number of aliphatic imine (C=N–C) groups is 2. The quantitative estimate of drug-likeness (QED) is 0.191. The van der Waals surface area contributed by atoms with Crippen LogP contribution in [0.25, 0.3) is 80.7 Å². The van der Waals surface area contributed by atoms with Crippen LogP contribution in [0.15, 0.2) is 196 Å². The van der Waals surface area contributed by atoms with E-state index >= 15 is 0 Å². The van der Waals surface area contributed by atoms with Gasteiger partial charge in [-0.15, -0.1) is 11.3 Å². The first-order valence-corrected chi connectivity index (χ1v) is 20.0. The van der Waals surface area contributed by atoms with Gasteiger partial charge in [-0.05, 0) is 35.9 Å². The van der Waals surface area contributed by atoms with E-state index in [0.29, 0.717) is 5.84 Å². The Morgan fingerprint density at radius 1 is 0.526 bits per heavy atom. The van der Waals surface area contributed by atoms with Gasteiger partial charge in [-0.1, -0.05) is 152 Å². The van der Waals surface area contributed by atoms with Crippen LogP contribution in [0.2, 0.25) is 0 Å². The average Bonchev–Trinajstić information content (AvgIpc) is 3.97. The number of amidine groups is 2. The third-order valence-electron chi connectivity index (χ3n) is 11.3. The van der Waals surface area contributed by atoms with E-state index in [-0.39, 0.29) is 6.17 Å². The number of benzene rings is 8.